The van der Waals surface area contributed by atoms with Crippen LogP contribution in [-0.2, 0) is 16.6 Å². The molecule has 0 radical (unpaired) electrons. The van der Waals surface area contributed by atoms with Crippen molar-refractivity contribution >= 4 is 10.0 Å². The number of hydrogen-bond donors (Lipinski definition) is 1. The van der Waals surface area contributed by atoms with Crippen LogP contribution in [0, 0.1) is 0 Å². The van der Waals surface area contributed by atoms with Crippen molar-refractivity contribution in [1.29, 1.82) is 0 Å². The minimum Gasteiger partial charge on any atom is -0.273 e. The highest BCUT2D eigenvalue weighted by Crippen LogP contribution is 2.10. The molecule has 2 rings (SSSR count). The molecule has 0 aromatic carbocycles. The van der Waals surface area contributed by atoms with Crippen LogP contribution in [-0.4, -0.2) is 34.5 Å². The number of nitrogens with one attached hydrogen (secondary N) is 1. The third kappa shape index (κ3) is 3.67. The van der Waals surface area contributed by atoms with E-state index in [1.165, 1.54) is 6.20 Å². The average molecular weight is 297 g/mol. The second-order valence-corrected chi connectivity index (χ2v) is 6.54. The number of nitrogens with zero attached hydrogens (tertiary/aromatic N) is 4. The first kappa shape index (κ1) is 14.7. The summed E-state index contributed by atoms with van der Waals surface area (Å²) in [6.07, 6.45) is 7.14. The van der Waals surface area contributed by atoms with Crippen LogP contribution >= 0.6 is 0 Å². The van der Waals surface area contributed by atoms with Gasteiger partial charge in [-0.05, 0) is 26.3 Å². The fraction of sp³-hybridized carbons (Fsp3) is 0.500. The molecule has 0 amide bonds. The van der Waals surface area contributed by atoms with Crippen LogP contribution in [0.25, 0.3) is 0 Å². The molecule has 2 aromatic heterocycles. The fourth-order valence-electron chi connectivity index (χ4n) is 1.71. The number of sulfonamides is 1. The van der Waals surface area contributed by atoms with Crippen LogP contribution in [0.2, 0.25) is 0 Å². The molecule has 0 saturated heterocycles. The van der Waals surface area contributed by atoms with Crippen LogP contribution in [0.4, 0.5) is 0 Å². The molecule has 0 aliphatic rings. The van der Waals surface area contributed by atoms with Gasteiger partial charge in [0.1, 0.15) is 4.90 Å². The summed E-state index contributed by atoms with van der Waals surface area (Å²) in [6.45, 7) is 4.94. The van der Waals surface area contributed by atoms with Gasteiger partial charge < -0.3 is 0 Å². The van der Waals surface area contributed by atoms with Crippen LogP contribution < -0.4 is 4.72 Å². The zero-order chi connectivity index (χ0) is 14.6. The molecule has 1 N–H and O–H groups in total. The Morgan fingerprint density at radius 2 is 2.15 bits per heavy atom. The lowest BCUT2D eigenvalue weighted by molar-refractivity contribution is 0.530. The predicted molar refractivity (Wildman–Crippen MR) is 74.6 cm³/mol. The van der Waals surface area contributed by atoms with Crippen LogP contribution in [0.1, 0.15) is 26.3 Å². The molecule has 0 unspecified atom stereocenters. The van der Waals surface area contributed by atoms with Crippen molar-refractivity contribution in [1.82, 2.24) is 24.3 Å². The van der Waals surface area contributed by atoms with Crippen molar-refractivity contribution in [2.75, 3.05) is 6.54 Å². The van der Waals surface area contributed by atoms with Crippen molar-refractivity contribution in [2.24, 2.45) is 0 Å². The molecule has 0 atom stereocenters. The minimum atomic E-state index is -3.48. The Morgan fingerprint density at radius 3 is 2.75 bits per heavy atom. The zero-order valence-corrected chi connectivity index (χ0v) is 12.4. The minimum absolute atomic E-state index is 0.138. The Hall–Kier alpha value is -1.67. The van der Waals surface area contributed by atoms with E-state index in [2.05, 4.69) is 14.9 Å². The average Bonchev–Trinajstić information content (AvgIpc) is 3.05. The molecule has 7 nitrogen and oxygen atoms in total. The van der Waals surface area contributed by atoms with Gasteiger partial charge in [-0.1, -0.05) is 0 Å². The first-order valence-electron chi connectivity index (χ1n) is 6.50. The molecule has 110 valence electrons. The summed E-state index contributed by atoms with van der Waals surface area (Å²) in [6, 6.07) is 1.98. The topological polar surface area (TPSA) is 81.8 Å². The molecule has 0 saturated carbocycles. The van der Waals surface area contributed by atoms with E-state index < -0.39 is 10.0 Å². The highest BCUT2D eigenvalue weighted by molar-refractivity contribution is 7.89. The maximum absolute atomic E-state index is 12.0. The lowest BCUT2D eigenvalue weighted by Crippen LogP contribution is -2.25. The normalized spacial score (nSPS) is 12.2. The van der Waals surface area contributed by atoms with Crippen molar-refractivity contribution < 1.29 is 8.42 Å². The second kappa shape index (κ2) is 6.19. The van der Waals surface area contributed by atoms with E-state index in [0.717, 1.165) is 0 Å². The molecular weight excluding hydrogens is 278 g/mol. The number of aryl methyl sites for hydroxylation is 1. The first-order chi connectivity index (χ1) is 9.49. The third-order valence-electron chi connectivity index (χ3n) is 2.83. The monoisotopic (exact) mass is 297 g/mol. The predicted octanol–water partition coefficient (Wildman–Crippen LogP) is 1.03. The van der Waals surface area contributed by atoms with Gasteiger partial charge in [-0.3, -0.25) is 9.36 Å². The lowest BCUT2D eigenvalue weighted by Gasteiger charge is -2.05. The fourth-order valence-corrected chi connectivity index (χ4v) is 2.72. The van der Waals surface area contributed by atoms with Crippen molar-refractivity contribution in [3.05, 3.63) is 30.9 Å². The largest absolute Gasteiger partial charge is 0.273 e. The summed E-state index contributed by atoms with van der Waals surface area (Å²) in [7, 11) is -3.48. The number of rotatable bonds is 7. The van der Waals surface area contributed by atoms with E-state index in [-0.39, 0.29) is 10.9 Å². The first-order valence-corrected chi connectivity index (χ1v) is 7.98. The maximum Gasteiger partial charge on any atom is 0.243 e. The number of hydrogen-bond acceptors (Lipinski definition) is 4. The van der Waals surface area contributed by atoms with E-state index in [9.17, 15) is 8.42 Å². The molecule has 0 aliphatic carbocycles. The van der Waals surface area contributed by atoms with Crippen LogP contribution in [0.15, 0.2) is 35.7 Å². The second-order valence-electron chi connectivity index (χ2n) is 4.77. The Kier molecular flexibility index (Phi) is 4.56. The van der Waals surface area contributed by atoms with Crippen molar-refractivity contribution in [3.8, 4) is 0 Å². The molecule has 8 heteroatoms. The quantitative estimate of drug-likeness (QED) is 0.774. The molecule has 0 fully saturated rings. The Labute approximate surface area is 118 Å². The van der Waals surface area contributed by atoms with Gasteiger partial charge >= 0.3 is 0 Å². The molecule has 2 heterocycles. The summed E-state index contributed by atoms with van der Waals surface area (Å²) in [5.41, 5.74) is 0. The summed E-state index contributed by atoms with van der Waals surface area (Å²) in [4.78, 5) is 0.199. The smallest absolute Gasteiger partial charge is 0.243 e. The van der Waals surface area contributed by atoms with Crippen LogP contribution in [0.3, 0.4) is 0 Å². The van der Waals surface area contributed by atoms with Gasteiger partial charge in [0.25, 0.3) is 0 Å². The lowest BCUT2D eigenvalue weighted by atomic mass is 10.4. The van der Waals surface area contributed by atoms with E-state index >= 15 is 0 Å². The molecule has 0 aliphatic heterocycles. The Bertz CT molecular complexity index is 631. The molecule has 2 aromatic rings. The van der Waals surface area contributed by atoms with Gasteiger partial charge in [0.2, 0.25) is 10.0 Å². The van der Waals surface area contributed by atoms with E-state index in [4.69, 9.17) is 0 Å². The summed E-state index contributed by atoms with van der Waals surface area (Å²) >= 11 is 0. The summed E-state index contributed by atoms with van der Waals surface area (Å²) < 4.78 is 30.0. The standard InChI is InChI=1S/C12H19N5O2S/c1-11(2)17-10-12(9-14-17)20(18,19)15-6-4-8-16-7-3-5-13-16/h3,5,7,9-11,15H,4,6,8H2,1-2H3. The van der Waals surface area contributed by atoms with Gasteiger partial charge in [-0.25, -0.2) is 13.1 Å². The number of aromatic nitrogens is 4. The third-order valence-corrected chi connectivity index (χ3v) is 4.25. The van der Waals surface area contributed by atoms with E-state index in [0.29, 0.717) is 19.5 Å². The molecule has 0 spiro atoms. The van der Waals surface area contributed by atoms with Gasteiger partial charge in [0.15, 0.2) is 0 Å². The summed E-state index contributed by atoms with van der Waals surface area (Å²) in [5.74, 6) is 0. The SMILES string of the molecule is CC(C)n1cc(S(=O)(=O)NCCCn2cccn2)cn1. The highest BCUT2D eigenvalue weighted by atomic mass is 32.2. The maximum atomic E-state index is 12.0. The summed E-state index contributed by atoms with van der Waals surface area (Å²) in [5, 5.41) is 8.09. The van der Waals surface area contributed by atoms with E-state index in [1.807, 2.05) is 26.1 Å². The van der Waals surface area contributed by atoms with Gasteiger partial charge in [0, 0.05) is 37.7 Å². The molecule has 0 bridgehead atoms. The molecule has 20 heavy (non-hydrogen) atoms. The van der Waals surface area contributed by atoms with Crippen molar-refractivity contribution in [2.45, 2.75) is 37.8 Å². The Balaban J connectivity index is 1.87. The Morgan fingerprint density at radius 1 is 1.35 bits per heavy atom. The van der Waals surface area contributed by atoms with Gasteiger partial charge in [-0.2, -0.15) is 10.2 Å². The van der Waals surface area contributed by atoms with Crippen LogP contribution in [0.5, 0.6) is 0 Å². The van der Waals surface area contributed by atoms with Crippen molar-refractivity contribution in [3.63, 3.8) is 0 Å². The van der Waals surface area contributed by atoms with Gasteiger partial charge in [-0.15, -0.1) is 0 Å². The van der Waals surface area contributed by atoms with E-state index in [1.54, 1.807) is 21.8 Å². The highest BCUT2D eigenvalue weighted by Gasteiger charge is 2.16. The van der Waals surface area contributed by atoms with Gasteiger partial charge in [0.05, 0.1) is 6.20 Å². The zero-order valence-electron chi connectivity index (χ0n) is 11.6. The molecular formula is C12H19N5O2S.